The zero-order chi connectivity index (χ0) is 8.27. The van der Waals surface area contributed by atoms with Crippen LogP contribution in [0.1, 0.15) is 19.2 Å². The Kier molecular flexibility index (Phi) is 2.78. The minimum atomic E-state index is -0.284. The second kappa shape index (κ2) is 3.64. The second-order valence-corrected chi connectivity index (χ2v) is 2.89. The molecule has 5 heteroatoms. The summed E-state index contributed by atoms with van der Waals surface area (Å²) in [6, 6.07) is 0. The molecular formula is C6H11N3OS. The number of aromatic nitrogens is 3. The summed E-state index contributed by atoms with van der Waals surface area (Å²) in [6.07, 6.45) is 1.15. The fourth-order valence-electron chi connectivity index (χ4n) is 0.768. The first kappa shape index (κ1) is 8.42. The Bertz CT molecular complexity index is 265. The van der Waals surface area contributed by atoms with Gasteiger partial charge in [0.15, 0.2) is 0 Å². The van der Waals surface area contributed by atoms with Crippen molar-refractivity contribution in [3.8, 4) is 0 Å². The number of hydrogen-bond donors (Lipinski definition) is 3. The van der Waals surface area contributed by atoms with Crippen LogP contribution in [0.3, 0.4) is 0 Å². The summed E-state index contributed by atoms with van der Waals surface area (Å²) in [6.45, 7) is 1.75. The van der Waals surface area contributed by atoms with Gasteiger partial charge in [-0.3, -0.25) is 10.2 Å². The Labute approximate surface area is 69.7 Å². The van der Waals surface area contributed by atoms with Crippen LogP contribution in [-0.2, 0) is 6.42 Å². The second-order valence-electron chi connectivity index (χ2n) is 2.50. The van der Waals surface area contributed by atoms with Crippen LogP contribution in [0.4, 0.5) is 0 Å². The van der Waals surface area contributed by atoms with E-state index in [1.54, 1.807) is 6.92 Å². The van der Waals surface area contributed by atoms with Gasteiger partial charge in [0, 0.05) is 6.42 Å². The molecule has 11 heavy (non-hydrogen) atoms. The predicted molar refractivity (Wildman–Crippen MR) is 43.8 cm³/mol. The average molecular weight is 173 g/mol. The lowest BCUT2D eigenvalue weighted by atomic mass is 10.2. The first-order chi connectivity index (χ1) is 5.18. The number of aromatic amines is 2. The summed E-state index contributed by atoms with van der Waals surface area (Å²) in [7, 11) is 0. The van der Waals surface area contributed by atoms with Gasteiger partial charge in [0.2, 0.25) is 4.77 Å². The number of aliphatic hydroxyl groups excluding tert-OH is 1. The summed E-state index contributed by atoms with van der Waals surface area (Å²) >= 11 is 4.75. The third-order valence-electron chi connectivity index (χ3n) is 1.35. The third kappa shape index (κ3) is 2.81. The molecule has 1 rings (SSSR count). The van der Waals surface area contributed by atoms with E-state index in [2.05, 4.69) is 15.2 Å². The molecule has 1 aromatic heterocycles. The maximum atomic E-state index is 8.94. The van der Waals surface area contributed by atoms with Gasteiger partial charge in [0.05, 0.1) is 6.10 Å². The smallest absolute Gasteiger partial charge is 0.213 e. The van der Waals surface area contributed by atoms with Gasteiger partial charge in [-0.25, -0.2) is 4.98 Å². The Morgan fingerprint density at radius 1 is 1.64 bits per heavy atom. The van der Waals surface area contributed by atoms with Gasteiger partial charge in [-0.2, -0.15) is 0 Å². The first-order valence-corrected chi connectivity index (χ1v) is 3.91. The van der Waals surface area contributed by atoms with Crippen LogP contribution in [0.25, 0.3) is 0 Å². The van der Waals surface area contributed by atoms with E-state index in [1.165, 1.54) is 0 Å². The maximum absolute atomic E-state index is 8.94. The maximum Gasteiger partial charge on any atom is 0.213 e. The molecule has 62 valence electrons. The van der Waals surface area contributed by atoms with Crippen molar-refractivity contribution in [2.24, 2.45) is 0 Å². The number of nitrogens with one attached hydrogen (secondary N) is 2. The fourth-order valence-corrected chi connectivity index (χ4v) is 0.929. The van der Waals surface area contributed by atoms with E-state index in [1.807, 2.05) is 0 Å². The van der Waals surface area contributed by atoms with Crippen molar-refractivity contribution in [2.45, 2.75) is 25.9 Å². The van der Waals surface area contributed by atoms with Crippen molar-refractivity contribution in [3.05, 3.63) is 10.6 Å². The molecule has 0 aliphatic carbocycles. The molecule has 0 bridgehead atoms. The number of rotatable bonds is 3. The van der Waals surface area contributed by atoms with Crippen molar-refractivity contribution in [3.63, 3.8) is 0 Å². The van der Waals surface area contributed by atoms with Crippen LogP contribution in [-0.4, -0.2) is 26.4 Å². The molecule has 0 aliphatic rings. The predicted octanol–water partition coefficient (Wildman–Crippen LogP) is 0.781. The van der Waals surface area contributed by atoms with Gasteiger partial charge in [-0.15, -0.1) is 0 Å². The molecule has 1 heterocycles. The van der Waals surface area contributed by atoms with Gasteiger partial charge in [-0.1, -0.05) is 0 Å². The lowest BCUT2D eigenvalue weighted by Gasteiger charge is -1.99. The largest absolute Gasteiger partial charge is 0.393 e. The minimum absolute atomic E-state index is 0.284. The van der Waals surface area contributed by atoms with Crippen molar-refractivity contribution in [2.75, 3.05) is 0 Å². The normalized spacial score (nSPS) is 13.3. The summed E-state index contributed by atoms with van der Waals surface area (Å²) < 4.78 is 0.464. The quantitative estimate of drug-likeness (QED) is 0.592. The average Bonchev–Trinajstić information content (AvgIpc) is 2.31. The van der Waals surface area contributed by atoms with Crippen molar-refractivity contribution in [1.82, 2.24) is 15.2 Å². The third-order valence-corrected chi connectivity index (χ3v) is 1.54. The molecule has 0 radical (unpaired) electrons. The summed E-state index contributed by atoms with van der Waals surface area (Å²) in [5.74, 6) is 0.802. The number of H-pyrrole nitrogens is 2. The monoisotopic (exact) mass is 173 g/mol. The highest BCUT2D eigenvalue weighted by molar-refractivity contribution is 7.71. The summed E-state index contributed by atoms with van der Waals surface area (Å²) in [5, 5.41) is 14.4. The topological polar surface area (TPSA) is 64.7 Å². The standard InChI is InChI=1S/C6H11N3OS/c1-4(10)2-3-5-7-6(11)9-8-5/h4,10H,2-3H2,1H3,(H2,7,8,9,11). The van der Waals surface area contributed by atoms with E-state index in [4.69, 9.17) is 17.3 Å². The van der Waals surface area contributed by atoms with Gasteiger partial charge < -0.3 is 5.11 Å². The summed E-state index contributed by atoms with van der Waals surface area (Å²) in [5.41, 5.74) is 0. The van der Waals surface area contributed by atoms with E-state index >= 15 is 0 Å². The number of aryl methyl sites for hydroxylation is 1. The molecular weight excluding hydrogens is 162 g/mol. The highest BCUT2D eigenvalue weighted by atomic mass is 32.1. The number of aliphatic hydroxyl groups is 1. The zero-order valence-electron chi connectivity index (χ0n) is 6.29. The Morgan fingerprint density at radius 3 is 2.82 bits per heavy atom. The molecule has 0 saturated carbocycles. The molecule has 0 aromatic carbocycles. The molecule has 0 fully saturated rings. The Morgan fingerprint density at radius 2 is 2.36 bits per heavy atom. The zero-order valence-corrected chi connectivity index (χ0v) is 7.11. The van der Waals surface area contributed by atoms with Crippen molar-refractivity contribution < 1.29 is 5.11 Å². The van der Waals surface area contributed by atoms with Gasteiger partial charge >= 0.3 is 0 Å². The van der Waals surface area contributed by atoms with Crippen LogP contribution < -0.4 is 0 Å². The van der Waals surface area contributed by atoms with E-state index in [0.717, 1.165) is 12.2 Å². The van der Waals surface area contributed by atoms with E-state index in [0.29, 0.717) is 11.2 Å². The number of nitrogens with zero attached hydrogens (tertiary/aromatic N) is 1. The highest BCUT2D eigenvalue weighted by Gasteiger charge is 1.99. The Balaban J connectivity index is 2.45. The lowest BCUT2D eigenvalue weighted by molar-refractivity contribution is 0.184. The Hall–Kier alpha value is -0.680. The SMILES string of the molecule is CC(O)CCc1nc(=S)[nH][nH]1. The summed E-state index contributed by atoms with van der Waals surface area (Å²) in [4.78, 5) is 3.98. The van der Waals surface area contributed by atoms with Crippen LogP contribution in [0.15, 0.2) is 0 Å². The molecule has 1 atom stereocenters. The van der Waals surface area contributed by atoms with Gasteiger partial charge in [0.25, 0.3) is 0 Å². The van der Waals surface area contributed by atoms with Crippen LogP contribution in [0, 0.1) is 4.77 Å². The highest BCUT2D eigenvalue weighted by Crippen LogP contribution is 1.97. The van der Waals surface area contributed by atoms with Crippen LogP contribution >= 0.6 is 12.2 Å². The lowest BCUT2D eigenvalue weighted by Crippen LogP contribution is -2.02. The van der Waals surface area contributed by atoms with E-state index in [9.17, 15) is 0 Å². The van der Waals surface area contributed by atoms with Crippen LogP contribution in [0.2, 0.25) is 0 Å². The molecule has 4 nitrogen and oxygen atoms in total. The molecule has 0 aliphatic heterocycles. The first-order valence-electron chi connectivity index (χ1n) is 3.50. The van der Waals surface area contributed by atoms with Crippen LogP contribution in [0.5, 0.6) is 0 Å². The number of hydrogen-bond acceptors (Lipinski definition) is 3. The van der Waals surface area contributed by atoms with Gasteiger partial charge in [0.1, 0.15) is 5.82 Å². The minimum Gasteiger partial charge on any atom is -0.393 e. The molecule has 0 amide bonds. The molecule has 3 N–H and O–H groups in total. The molecule has 1 aromatic rings. The molecule has 0 saturated heterocycles. The van der Waals surface area contributed by atoms with Crippen molar-refractivity contribution >= 4 is 12.2 Å². The molecule has 1 unspecified atom stereocenters. The van der Waals surface area contributed by atoms with Gasteiger partial charge in [-0.05, 0) is 25.6 Å². The molecule has 0 spiro atoms. The van der Waals surface area contributed by atoms with E-state index in [-0.39, 0.29) is 6.10 Å². The van der Waals surface area contributed by atoms with Crippen molar-refractivity contribution in [1.29, 1.82) is 0 Å². The fraction of sp³-hybridized carbons (Fsp3) is 0.667. The van der Waals surface area contributed by atoms with E-state index < -0.39 is 0 Å².